The van der Waals surface area contributed by atoms with Crippen molar-refractivity contribution in [1.82, 2.24) is 10.2 Å². The Bertz CT molecular complexity index is 615. The molecule has 0 aliphatic carbocycles. The van der Waals surface area contributed by atoms with E-state index in [0.29, 0.717) is 5.69 Å². The van der Waals surface area contributed by atoms with Crippen LogP contribution in [0.3, 0.4) is 0 Å². The van der Waals surface area contributed by atoms with Gasteiger partial charge in [-0.25, -0.2) is 8.42 Å². The van der Waals surface area contributed by atoms with E-state index in [-0.39, 0.29) is 5.75 Å². The predicted octanol–water partition coefficient (Wildman–Crippen LogP) is 1.93. The summed E-state index contributed by atoms with van der Waals surface area (Å²) in [5, 5.41) is 6.98. The van der Waals surface area contributed by atoms with Crippen LogP contribution >= 0.6 is 0 Å². The summed E-state index contributed by atoms with van der Waals surface area (Å²) in [5.41, 5.74) is 3.35. The van der Waals surface area contributed by atoms with Gasteiger partial charge in [0.25, 0.3) is 0 Å². The van der Waals surface area contributed by atoms with Gasteiger partial charge in [0.15, 0.2) is 9.84 Å². The number of aromatic amines is 1. The van der Waals surface area contributed by atoms with Crippen LogP contribution in [0.15, 0.2) is 30.3 Å². The highest BCUT2D eigenvalue weighted by Gasteiger charge is 2.14. The normalized spacial score (nSPS) is 11.6. The van der Waals surface area contributed by atoms with Crippen molar-refractivity contribution >= 4 is 9.84 Å². The molecule has 0 radical (unpaired) electrons. The van der Waals surface area contributed by atoms with Gasteiger partial charge in [0.05, 0.1) is 17.1 Å². The number of sulfone groups is 1. The number of nitrogens with zero attached hydrogens (tertiary/aromatic N) is 1. The van der Waals surface area contributed by atoms with Crippen molar-refractivity contribution in [2.24, 2.45) is 0 Å². The standard InChI is InChI=1S/C12H14N2O2S/c1-9-11(8-17(2,15)16)13-14-12(9)10-6-4-3-5-7-10/h3-7H,8H2,1-2H3,(H,13,14). The number of H-pyrrole nitrogens is 1. The number of rotatable bonds is 3. The molecule has 0 fully saturated rings. The highest BCUT2D eigenvalue weighted by molar-refractivity contribution is 7.89. The zero-order chi connectivity index (χ0) is 12.5. The Morgan fingerprint density at radius 1 is 1.24 bits per heavy atom. The molecule has 1 aromatic heterocycles. The van der Waals surface area contributed by atoms with E-state index in [0.717, 1.165) is 16.8 Å². The maximum Gasteiger partial charge on any atom is 0.153 e. The Balaban J connectivity index is 2.40. The van der Waals surface area contributed by atoms with Crippen molar-refractivity contribution in [3.63, 3.8) is 0 Å². The molecule has 0 aliphatic heterocycles. The van der Waals surface area contributed by atoms with Crippen molar-refractivity contribution < 1.29 is 8.42 Å². The fourth-order valence-electron chi connectivity index (χ4n) is 1.71. The lowest BCUT2D eigenvalue weighted by Gasteiger charge is -1.99. The van der Waals surface area contributed by atoms with Crippen LogP contribution in [0, 0.1) is 6.92 Å². The molecule has 0 bridgehead atoms. The maximum absolute atomic E-state index is 11.3. The zero-order valence-electron chi connectivity index (χ0n) is 9.77. The third kappa shape index (κ3) is 2.74. The van der Waals surface area contributed by atoms with Gasteiger partial charge in [-0.15, -0.1) is 0 Å². The van der Waals surface area contributed by atoms with Gasteiger partial charge >= 0.3 is 0 Å². The first kappa shape index (κ1) is 11.9. The van der Waals surface area contributed by atoms with E-state index in [4.69, 9.17) is 0 Å². The van der Waals surface area contributed by atoms with Crippen LogP contribution in [-0.2, 0) is 15.6 Å². The van der Waals surface area contributed by atoms with Gasteiger partial charge in [-0.2, -0.15) is 5.10 Å². The number of nitrogens with one attached hydrogen (secondary N) is 1. The van der Waals surface area contributed by atoms with Gasteiger partial charge in [0, 0.05) is 11.8 Å². The topological polar surface area (TPSA) is 62.8 Å². The lowest BCUT2D eigenvalue weighted by atomic mass is 10.1. The van der Waals surface area contributed by atoms with Crippen LogP contribution in [-0.4, -0.2) is 24.9 Å². The number of hydrogen-bond acceptors (Lipinski definition) is 3. The molecular weight excluding hydrogens is 236 g/mol. The Hall–Kier alpha value is -1.62. The van der Waals surface area contributed by atoms with Crippen LogP contribution in [0.1, 0.15) is 11.3 Å². The fraction of sp³-hybridized carbons (Fsp3) is 0.250. The molecule has 0 saturated heterocycles. The van der Waals surface area contributed by atoms with E-state index in [1.807, 2.05) is 37.3 Å². The SMILES string of the molecule is Cc1c(-c2ccccc2)n[nH]c1CS(C)(=O)=O. The minimum Gasteiger partial charge on any atom is -0.281 e. The highest BCUT2D eigenvalue weighted by atomic mass is 32.2. The van der Waals surface area contributed by atoms with E-state index >= 15 is 0 Å². The average Bonchev–Trinajstić information content (AvgIpc) is 2.60. The van der Waals surface area contributed by atoms with Crippen molar-refractivity contribution in [2.45, 2.75) is 12.7 Å². The van der Waals surface area contributed by atoms with Gasteiger partial charge in [-0.3, -0.25) is 5.10 Å². The molecule has 5 heteroatoms. The fourth-order valence-corrected chi connectivity index (χ4v) is 2.52. The lowest BCUT2D eigenvalue weighted by Crippen LogP contribution is -2.02. The van der Waals surface area contributed by atoms with Gasteiger partial charge < -0.3 is 0 Å². The molecule has 0 unspecified atom stereocenters. The molecular formula is C12H14N2O2S. The minimum atomic E-state index is -3.04. The molecule has 0 amide bonds. The monoisotopic (exact) mass is 250 g/mol. The molecule has 0 atom stereocenters. The van der Waals surface area contributed by atoms with Crippen LogP contribution in [0.2, 0.25) is 0 Å². The van der Waals surface area contributed by atoms with E-state index < -0.39 is 9.84 Å². The summed E-state index contributed by atoms with van der Waals surface area (Å²) in [6.45, 7) is 1.88. The van der Waals surface area contributed by atoms with Crippen molar-refractivity contribution in [2.75, 3.05) is 6.26 Å². The van der Waals surface area contributed by atoms with Gasteiger partial charge in [0.2, 0.25) is 0 Å². The van der Waals surface area contributed by atoms with E-state index in [1.54, 1.807) is 0 Å². The molecule has 4 nitrogen and oxygen atoms in total. The van der Waals surface area contributed by atoms with Crippen molar-refractivity contribution in [3.05, 3.63) is 41.6 Å². The largest absolute Gasteiger partial charge is 0.281 e. The summed E-state index contributed by atoms with van der Waals surface area (Å²) in [5.74, 6) is -0.00132. The quantitative estimate of drug-likeness (QED) is 0.905. The average molecular weight is 250 g/mol. The summed E-state index contributed by atoms with van der Waals surface area (Å²) in [6, 6.07) is 9.70. The molecule has 1 aromatic carbocycles. The first-order valence-electron chi connectivity index (χ1n) is 5.24. The molecule has 0 aliphatic rings. The van der Waals surface area contributed by atoms with Gasteiger partial charge in [-0.05, 0) is 12.5 Å². The Morgan fingerprint density at radius 2 is 1.88 bits per heavy atom. The Labute approximate surface area is 101 Å². The summed E-state index contributed by atoms with van der Waals surface area (Å²) in [7, 11) is -3.04. The second kappa shape index (κ2) is 4.33. The van der Waals surface area contributed by atoms with Crippen molar-refractivity contribution in [1.29, 1.82) is 0 Å². The molecule has 2 rings (SSSR count). The zero-order valence-corrected chi connectivity index (χ0v) is 10.6. The highest BCUT2D eigenvalue weighted by Crippen LogP contribution is 2.23. The smallest absolute Gasteiger partial charge is 0.153 e. The van der Waals surface area contributed by atoms with Crippen molar-refractivity contribution in [3.8, 4) is 11.3 Å². The second-order valence-corrected chi connectivity index (χ2v) is 6.25. The summed E-state index contributed by atoms with van der Waals surface area (Å²) in [4.78, 5) is 0. The Morgan fingerprint density at radius 3 is 2.47 bits per heavy atom. The molecule has 0 spiro atoms. The third-order valence-corrected chi connectivity index (χ3v) is 3.38. The maximum atomic E-state index is 11.3. The van der Waals surface area contributed by atoms with Crippen LogP contribution in [0.4, 0.5) is 0 Å². The summed E-state index contributed by atoms with van der Waals surface area (Å²) < 4.78 is 22.5. The van der Waals surface area contributed by atoms with Gasteiger partial charge in [0.1, 0.15) is 0 Å². The molecule has 1 heterocycles. The Kier molecular flexibility index (Phi) is 3.02. The van der Waals surface area contributed by atoms with Crippen LogP contribution in [0.5, 0.6) is 0 Å². The second-order valence-electron chi connectivity index (χ2n) is 4.11. The molecule has 0 saturated carbocycles. The number of hydrogen-bond donors (Lipinski definition) is 1. The molecule has 17 heavy (non-hydrogen) atoms. The van der Waals surface area contributed by atoms with Crippen LogP contribution < -0.4 is 0 Å². The first-order chi connectivity index (χ1) is 7.97. The first-order valence-corrected chi connectivity index (χ1v) is 7.30. The third-order valence-electron chi connectivity index (χ3n) is 2.56. The molecule has 90 valence electrons. The number of benzene rings is 1. The summed E-state index contributed by atoms with van der Waals surface area (Å²) >= 11 is 0. The van der Waals surface area contributed by atoms with Crippen LogP contribution in [0.25, 0.3) is 11.3 Å². The molecule has 2 aromatic rings. The number of aromatic nitrogens is 2. The lowest BCUT2D eigenvalue weighted by molar-refractivity contribution is 0.600. The van der Waals surface area contributed by atoms with Gasteiger partial charge in [-0.1, -0.05) is 30.3 Å². The van der Waals surface area contributed by atoms with E-state index in [2.05, 4.69) is 10.2 Å². The van der Waals surface area contributed by atoms with E-state index in [9.17, 15) is 8.42 Å². The predicted molar refractivity (Wildman–Crippen MR) is 67.3 cm³/mol. The summed E-state index contributed by atoms with van der Waals surface area (Å²) in [6.07, 6.45) is 1.22. The van der Waals surface area contributed by atoms with E-state index in [1.165, 1.54) is 6.26 Å². The minimum absolute atomic E-state index is 0.00132. The molecule has 1 N–H and O–H groups in total.